The Balaban J connectivity index is 1.94. The van der Waals surface area contributed by atoms with Crippen molar-refractivity contribution in [2.75, 3.05) is 5.32 Å². The van der Waals surface area contributed by atoms with Crippen LogP contribution in [0, 0.1) is 12.7 Å². The highest BCUT2D eigenvalue weighted by molar-refractivity contribution is 6.05. The fourth-order valence-corrected chi connectivity index (χ4v) is 2.54. The summed E-state index contributed by atoms with van der Waals surface area (Å²) in [6.07, 6.45) is 1.38. The van der Waals surface area contributed by atoms with Crippen LogP contribution in [-0.4, -0.2) is 20.7 Å². The van der Waals surface area contributed by atoms with Gasteiger partial charge in [-0.1, -0.05) is 12.1 Å². The number of hydrogen-bond donors (Lipinski definition) is 1. The van der Waals surface area contributed by atoms with Crippen LogP contribution in [0.25, 0.3) is 10.9 Å². The van der Waals surface area contributed by atoms with Crippen LogP contribution in [0.4, 0.5) is 10.2 Å². The second kappa shape index (κ2) is 5.70. The molecule has 1 aromatic carbocycles. The minimum atomic E-state index is -0.402. The average Bonchev–Trinajstić information content (AvgIpc) is 2.88. The van der Waals surface area contributed by atoms with E-state index in [1.807, 2.05) is 33.8 Å². The third-order valence-corrected chi connectivity index (χ3v) is 3.63. The zero-order chi connectivity index (χ0) is 17.5. The summed E-state index contributed by atoms with van der Waals surface area (Å²) >= 11 is 0. The van der Waals surface area contributed by atoms with Gasteiger partial charge in [-0.2, -0.15) is 5.10 Å². The molecule has 2 aromatic heterocycles. The molecular formula is C18H19FN4O. The van der Waals surface area contributed by atoms with Crippen molar-refractivity contribution in [2.45, 2.75) is 33.2 Å². The first-order chi connectivity index (χ1) is 11.3. The molecule has 6 heteroatoms. The van der Waals surface area contributed by atoms with Gasteiger partial charge in [0.25, 0.3) is 5.91 Å². The molecule has 1 amide bonds. The molecular weight excluding hydrogens is 307 g/mol. The quantitative estimate of drug-likeness (QED) is 0.777. The zero-order valence-corrected chi connectivity index (χ0v) is 14.1. The van der Waals surface area contributed by atoms with Gasteiger partial charge in [-0.3, -0.25) is 9.78 Å². The average molecular weight is 326 g/mol. The molecule has 0 saturated heterocycles. The number of carbonyl (C=O) groups excluding carboxylic acids is 1. The second-order valence-electron chi connectivity index (χ2n) is 6.74. The number of halogens is 1. The Hall–Kier alpha value is -2.76. The number of aryl methyl sites for hydroxylation is 1. The predicted molar refractivity (Wildman–Crippen MR) is 91.6 cm³/mol. The van der Waals surface area contributed by atoms with Gasteiger partial charge in [-0.05, 0) is 39.8 Å². The molecule has 2 heterocycles. The molecule has 0 aliphatic heterocycles. The molecule has 3 rings (SSSR count). The third kappa shape index (κ3) is 2.99. The van der Waals surface area contributed by atoms with E-state index in [0.29, 0.717) is 16.8 Å². The number of nitrogens with one attached hydrogen (secondary N) is 1. The molecule has 24 heavy (non-hydrogen) atoms. The van der Waals surface area contributed by atoms with E-state index in [1.54, 1.807) is 22.9 Å². The van der Waals surface area contributed by atoms with Gasteiger partial charge in [0.05, 0.1) is 16.8 Å². The maximum Gasteiger partial charge on any atom is 0.258 e. The Morgan fingerprint density at radius 3 is 2.71 bits per heavy atom. The normalized spacial score (nSPS) is 11.7. The number of nitrogens with zero attached hydrogens (tertiary/aromatic N) is 3. The number of hydrogen-bond acceptors (Lipinski definition) is 3. The topological polar surface area (TPSA) is 59.8 Å². The minimum absolute atomic E-state index is 0.254. The Labute approximate surface area is 139 Å². The maximum atomic E-state index is 13.7. The van der Waals surface area contributed by atoms with Gasteiger partial charge in [0.2, 0.25) is 0 Å². The first kappa shape index (κ1) is 16.1. The number of anilines is 1. The summed E-state index contributed by atoms with van der Waals surface area (Å²) in [4.78, 5) is 16.6. The van der Waals surface area contributed by atoms with E-state index in [4.69, 9.17) is 0 Å². The highest BCUT2D eigenvalue weighted by atomic mass is 19.1. The van der Waals surface area contributed by atoms with Gasteiger partial charge in [0.15, 0.2) is 0 Å². The fraction of sp³-hybridized carbons (Fsp3) is 0.278. The summed E-state index contributed by atoms with van der Waals surface area (Å²) < 4.78 is 15.5. The largest absolute Gasteiger partial charge is 0.307 e. The molecule has 124 valence electrons. The Bertz CT molecular complexity index is 924. The molecule has 0 aliphatic rings. The molecule has 0 unspecified atom stereocenters. The van der Waals surface area contributed by atoms with Crippen LogP contribution in [0.15, 0.2) is 36.5 Å². The van der Waals surface area contributed by atoms with Crippen LogP contribution in [-0.2, 0) is 5.54 Å². The smallest absolute Gasteiger partial charge is 0.258 e. The van der Waals surface area contributed by atoms with Crippen molar-refractivity contribution in [2.24, 2.45) is 0 Å². The van der Waals surface area contributed by atoms with E-state index in [1.165, 1.54) is 12.3 Å². The van der Waals surface area contributed by atoms with E-state index in [9.17, 15) is 9.18 Å². The van der Waals surface area contributed by atoms with E-state index in [-0.39, 0.29) is 17.0 Å². The first-order valence-corrected chi connectivity index (χ1v) is 7.68. The van der Waals surface area contributed by atoms with Crippen molar-refractivity contribution in [1.82, 2.24) is 14.8 Å². The molecule has 0 spiro atoms. The molecule has 0 saturated carbocycles. The van der Waals surface area contributed by atoms with E-state index >= 15 is 0 Å². The molecule has 0 atom stereocenters. The fourth-order valence-electron chi connectivity index (χ4n) is 2.54. The number of carbonyl (C=O) groups is 1. The van der Waals surface area contributed by atoms with Crippen molar-refractivity contribution in [1.29, 1.82) is 0 Å². The number of pyridine rings is 1. The number of rotatable bonds is 2. The summed E-state index contributed by atoms with van der Waals surface area (Å²) in [5.41, 5.74) is 1.18. The lowest BCUT2D eigenvalue weighted by molar-refractivity contribution is 0.102. The van der Waals surface area contributed by atoms with Crippen LogP contribution in [0.2, 0.25) is 0 Å². The summed E-state index contributed by atoms with van der Waals surface area (Å²) in [6, 6.07) is 8.12. The Morgan fingerprint density at radius 2 is 2.00 bits per heavy atom. The number of fused-ring (bicyclic) bond motifs is 1. The zero-order valence-electron chi connectivity index (χ0n) is 14.1. The predicted octanol–water partition coefficient (Wildman–Crippen LogP) is 3.89. The van der Waals surface area contributed by atoms with Gasteiger partial charge < -0.3 is 5.32 Å². The van der Waals surface area contributed by atoms with Gasteiger partial charge in [-0.15, -0.1) is 0 Å². The molecule has 0 radical (unpaired) electrons. The van der Waals surface area contributed by atoms with Crippen molar-refractivity contribution in [3.8, 4) is 0 Å². The maximum absolute atomic E-state index is 13.7. The van der Waals surface area contributed by atoms with Crippen LogP contribution in [0.1, 0.15) is 36.8 Å². The van der Waals surface area contributed by atoms with Crippen molar-refractivity contribution in [3.63, 3.8) is 0 Å². The van der Waals surface area contributed by atoms with Crippen molar-refractivity contribution < 1.29 is 9.18 Å². The third-order valence-electron chi connectivity index (χ3n) is 3.63. The Kier molecular flexibility index (Phi) is 3.83. The molecule has 1 N–H and O–H groups in total. The lowest BCUT2D eigenvalue weighted by atomic mass is 10.1. The number of para-hydroxylation sites is 1. The van der Waals surface area contributed by atoms with Crippen molar-refractivity contribution >= 4 is 22.6 Å². The highest BCUT2D eigenvalue weighted by Crippen LogP contribution is 2.22. The molecule has 0 fully saturated rings. The lowest BCUT2D eigenvalue weighted by Gasteiger charge is -2.22. The molecule has 0 aliphatic carbocycles. The van der Waals surface area contributed by atoms with Gasteiger partial charge in [-0.25, -0.2) is 9.07 Å². The second-order valence-corrected chi connectivity index (χ2v) is 6.74. The van der Waals surface area contributed by atoms with Gasteiger partial charge in [0.1, 0.15) is 17.2 Å². The number of amides is 1. The SMILES string of the molecule is Cc1cc(NC(=O)c2cnc3c(F)cccc3c2)n(C(C)(C)C)n1. The monoisotopic (exact) mass is 326 g/mol. The summed E-state index contributed by atoms with van der Waals surface area (Å²) in [5, 5.41) is 7.87. The lowest BCUT2D eigenvalue weighted by Crippen LogP contribution is -2.26. The minimum Gasteiger partial charge on any atom is -0.307 e. The molecule has 3 aromatic rings. The highest BCUT2D eigenvalue weighted by Gasteiger charge is 2.20. The van der Waals surface area contributed by atoms with E-state index in [0.717, 1.165) is 5.69 Å². The van der Waals surface area contributed by atoms with Crippen LogP contribution in [0.3, 0.4) is 0 Å². The molecule has 0 bridgehead atoms. The van der Waals surface area contributed by atoms with E-state index < -0.39 is 5.82 Å². The van der Waals surface area contributed by atoms with Crippen LogP contribution in [0.5, 0.6) is 0 Å². The van der Waals surface area contributed by atoms with Crippen LogP contribution >= 0.6 is 0 Å². The summed E-state index contributed by atoms with van der Waals surface area (Å²) in [6.45, 7) is 7.90. The van der Waals surface area contributed by atoms with Crippen LogP contribution < -0.4 is 5.32 Å². The number of benzene rings is 1. The summed E-state index contributed by atoms with van der Waals surface area (Å²) in [7, 11) is 0. The standard InChI is InChI=1S/C18H19FN4O/c1-11-8-15(23(22-11)18(2,3)4)21-17(24)13-9-12-6-5-7-14(19)16(12)20-10-13/h5-10H,1-4H3,(H,21,24). The first-order valence-electron chi connectivity index (χ1n) is 7.68. The number of aromatic nitrogens is 3. The molecule has 5 nitrogen and oxygen atoms in total. The van der Waals surface area contributed by atoms with Gasteiger partial charge in [0, 0.05) is 17.6 Å². The van der Waals surface area contributed by atoms with Gasteiger partial charge >= 0.3 is 0 Å². The van der Waals surface area contributed by atoms with Crippen molar-refractivity contribution in [3.05, 3.63) is 53.6 Å². The van der Waals surface area contributed by atoms with E-state index in [2.05, 4.69) is 15.4 Å². The Morgan fingerprint density at radius 1 is 1.25 bits per heavy atom. The summed E-state index contributed by atoms with van der Waals surface area (Å²) in [5.74, 6) is -0.0932.